The highest BCUT2D eigenvalue weighted by Gasteiger charge is 2.31. The Morgan fingerprint density at radius 2 is 2.12 bits per heavy atom. The van der Waals surface area contributed by atoms with E-state index in [-0.39, 0.29) is 30.2 Å². The Bertz CT molecular complexity index is 240. The van der Waals surface area contributed by atoms with Gasteiger partial charge in [-0.25, -0.2) is 0 Å². The Kier molecular flexibility index (Phi) is 6.50. The van der Waals surface area contributed by atoms with Crippen molar-refractivity contribution in [3.63, 3.8) is 0 Å². The lowest BCUT2D eigenvalue weighted by Crippen LogP contribution is -2.46. The van der Waals surface area contributed by atoms with Crippen LogP contribution in [0.15, 0.2) is 0 Å². The third-order valence-electron chi connectivity index (χ3n) is 2.17. The fourth-order valence-corrected chi connectivity index (χ4v) is 1.94. The molecule has 1 aliphatic heterocycles. The summed E-state index contributed by atoms with van der Waals surface area (Å²) in [6, 6.07) is -0.0985. The van der Waals surface area contributed by atoms with Crippen LogP contribution in [0.2, 0.25) is 0 Å². The van der Waals surface area contributed by atoms with Gasteiger partial charge in [-0.1, -0.05) is 0 Å². The van der Waals surface area contributed by atoms with Crippen LogP contribution >= 0.6 is 24.2 Å². The molecule has 0 bridgehead atoms. The van der Waals surface area contributed by atoms with Crippen molar-refractivity contribution in [1.29, 1.82) is 0 Å². The number of rotatable bonds is 2. The molecule has 0 spiro atoms. The second-order valence-electron chi connectivity index (χ2n) is 3.48. The molecule has 96 valence electrons. The zero-order valence-corrected chi connectivity index (χ0v) is 10.1. The van der Waals surface area contributed by atoms with Crippen LogP contribution in [0, 0.1) is 0 Å². The average molecular weight is 279 g/mol. The minimum absolute atomic E-state index is 0. The molecule has 1 unspecified atom stereocenters. The first-order valence-corrected chi connectivity index (χ1v) is 5.61. The summed E-state index contributed by atoms with van der Waals surface area (Å²) in [4.78, 5) is 12.7. The van der Waals surface area contributed by atoms with Crippen LogP contribution in [0.3, 0.4) is 0 Å². The van der Waals surface area contributed by atoms with E-state index in [1.807, 2.05) is 0 Å². The van der Waals surface area contributed by atoms with E-state index in [2.05, 4.69) is 0 Å². The maximum atomic E-state index is 11.8. The van der Waals surface area contributed by atoms with Crippen molar-refractivity contribution < 1.29 is 18.0 Å². The first-order valence-electron chi connectivity index (χ1n) is 4.62. The molecule has 0 aromatic heterocycles. The topological polar surface area (TPSA) is 46.3 Å². The van der Waals surface area contributed by atoms with Gasteiger partial charge in [0.05, 0.1) is 5.75 Å². The number of likely N-dealkylation sites (tertiary alicyclic amines) is 1. The molecule has 3 nitrogen and oxygen atoms in total. The smallest absolute Gasteiger partial charge is 0.340 e. The Hall–Kier alpha value is -0.140. The SMILES string of the molecule is Cl.NC1CCCN(C(=O)CSC(F)(F)F)C1. The van der Waals surface area contributed by atoms with Crippen LogP contribution in [-0.4, -0.2) is 41.2 Å². The molecule has 1 saturated heterocycles. The van der Waals surface area contributed by atoms with E-state index in [9.17, 15) is 18.0 Å². The predicted molar refractivity (Wildman–Crippen MR) is 59.6 cm³/mol. The van der Waals surface area contributed by atoms with Crippen molar-refractivity contribution in [3.8, 4) is 0 Å². The van der Waals surface area contributed by atoms with Gasteiger partial charge in [-0.15, -0.1) is 12.4 Å². The second kappa shape index (κ2) is 6.56. The van der Waals surface area contributed by atoms with Crippen LogP contribution < -0.4 is 5.73 Å². The van der Waals surface area contributed by atoms with E-state index in [4.69, 9.17) is 5.73 Å². The van der Waals surface area contributed by atoms with Gasteiger partial charge >= 0.3 is 5.51 Å². The summed E-state index contributed by atoms with van der Waals surface area (Å²) in [5.74, 6) is -1.02. The van der Waals surface area contributed by atoms with Gasteiger partial charge in [0.1, 0.15) is 0 Å². The van der Waals surface area contributed by atoms with Gasteiger partial charge < -0.3 is 10.6 Å². The maximum Gasteiger partial charge on any atom is 0.442 e. The molecule has 0 radical (unpaired) electrons. The second-order valence-corrected chi connectivity index (χ2v) is 4.52. The third-order valence-corrected chi connectivity index (χ3v) is 2.89. The number of carbonyl (C=O) groups is 1. The number of alkyl halides is 3. The molecular formula is C8H14ClF3N2OS. The number of thioether (sulfide) groups is 1. The van der Waals surface area contributed by atoms with Crippen molar-refractivity contribution in [3.05, 3.63) is 0 Å². The Morgan fingerprint density at radius 3 is 2.62 bits per heavy atom. The lowest BCUT2D eigenvalue weighted by molar-refractivity contribution is -0.129. The maximum absolute atomic E-state index is 11.8. The molecule has 0 saturated carbocycles. The molecule has 1 fully saturated rings. The number of amides is 1. The lowest BCUT2D eigenvalue weighted by atomic mass is 10.1. The van der Waals surface area contributed by atoms with E-state index in [0.717, 1.165) is 12.8 Å². The fraction of sp³-hybridized carbons (Fsp3) is 0.875. The minimum atomic E-state index is -4.34. The third kappa shape index (κ3) is 5.81. The number of hydrogen-bond acceptors (Lipinski definition) is 3. The van der Waals surface area contributed by atoms with Crippen molar-refractivity contribution in [2.75, 3.05) is 18.8 Å². The Morgan fingerprint density at radius 1 is 1.50 bits per heavy atom. The van der Waals surface area contributed by atoms with Crippen molar-refractivity contribution >= 4 is 30.1 Å². The molecule has 16 heavy (non-hydrogen) atoms. The molecule has 1 amide bonds. The van der Waals surface area contributed by atoms with Crippen LogP contribution in [-0.2, 0) is 4.79 Å². The van der Waals surface area contributed by atoms with Gasteiger partial charge in [0.15, 0.2) is 0 Å². The highest BCUT2D eigenvalue weighted by Crippen LogP contribution is 2.30. The molecule has 1 atom stereocenters. The molecule has 1 aliphatic rings. The van der Waals surface area contributed by atoms with Gasteiger partial charge in [0.2, 0.25) is 5.91 Å². The molecule has 0 aromatic carbocycles. The van der Waals surface area contributed by atoms with Crippen LogP contribution in [0.5, 0.6) is 0 Å². The van der Waals surface area contributed by atoms with Crippen molar-refractivity contribution in [2.24, 2.45) is 5.73 Å². The van der Waals surface area contributed by atoms with Gasteiger partial charge in [0, 0.05) is 19.1 Å². The number of carbonyl (C=O) groups excluding carboxylic acids is 1. The first kappa shape index (κ1) is 15.9. The van der Waals surface area contributed by atoms with E-state index < -0.39 is 17.2 Å². The predicted octanol–water partition coefficient (Wildman–Crippen LogP) is 1.61. The summed E-state index contributed by atoms with van der Waals surface area (Å²) in [5, 5.41) is 0. The number of piperidine rings is 1. The van der Waals surface area contributed by atoms with E-state index in [0.29, 0.717) is 13.1 Å². The lowest BCUT2D eigenvalue weighted by Gasteiger charge is -2.30. The minimum Gasteiger partial charge on any atom is -0.340 e. The van der Waals surface area contributed by atoms with Gasteiger partial charge in [-0.05, 0) is 24.6 Å². The number of hydrogen-bond donors (Lipinski definition) is 1. The van der Waals surface area contributed by atoms with Crippen molar-refractivity contribution in [2.45, 2.75) is 24.4 Å². The first-order chi connectivity index (χ1) is 6.88. The summed E-state index contributed by atoms with van der Waals surface area (Å²) < 4.78 is 35.5. The number of halogens is 4. The number of nitrogens with two attached hydrogens (primary N) is 1. The van der Waals surface area contributed by atoms with E-state index in [1.54, 1.807) is 0 Å². The van der Waals surface area contributed by atoms with Gasteiger partial charge in [-0.2, -0.15) is 13.2 Å². The molecular weight excluding hydrogens is 265 g/mol. The van der Waals surface area contributed by atoms with Gasteiger partial charge in [0.25, 0.3) is 0 Å². The molecule has 8 heteroatoms. The highest BCUT2D eigenvalue weighted by molar-refractivity contribution is 8.00. The largest absolute Gasteiger partial charge is 0.442 e. The number of nitrogens with zero attached hydrogens (tertiary/aromatic N) is 1. The summed E-state index contributed by atoms with van der Waals surface area (Å²) in [7, 11) is 0. The Balaban J connectivity index is 0.00000225. The molecule has 2 N–H and O–H groups in total. The molecule has 0 aromatic rings. The van der Waals surface area contributed by atoms with E-state index >= 15 is 0 Å². The highest BCUT2D eigenvalue weighted by atomic mass is 35.5. The molecule has 0 aliphatic carbocycles. The summed E-state index contributed by atoms with van der Waals surface area (Å²) in [5.41, 5.74) is 1.28. The summed E-state index contributed by atoms with van der Waals surface area (Å²) >= 11 is -0.295. The quantitative estimate of drug-likeness (QED) is 0.835. The summed E-state index contributed by atoms with van der Waals surface area (Å²) in [6.45, 7) is 0.891. The van der Waals surface area contributed by atoms with Gasteiger partial charge in [-0.3, -0.25) is 4.79 Å². The normalized spacial score (nSPS) is 21.5. The summed E-state index contributed by atoms with van der Waals surface area (Å²) in [6.07, 6.45) is 1.60. The van der Waals surface area contributed by atoms with Crippen LogP contribution in [0.25, 0.3) is 0 Å². The zero-order chi connectivity index (χ0) is 11.5. The zero-order valence-electron chi connectivity index (χ0n) is 8.50. The average Bonchev–Trinajstić information content (AvgIpc) is 2.13. The molecule has 1 heterocycles. The van der Waals surface area contributed by atoms with E-state index in [1.165, 1.54) is 4.90 Å². The fourth-order valence-electron chi connectivity index (χ4n) is 1.47. The van der Waals surface area contributed by atoms with Crippen LogP contribution in [0.1, 0.15) is 12.8 Å². The van der Waals surface area contributed by atoms with Crippen LogP contribution in [0.4, 0.5) is 13.2 Å². The molecule has 1 rings (SSSR count). The van der Waals surface area contributed by atoms with Crippen molar-refractivity contribution in [1.82, 2.24) is 4.90 Å². The standard InChI is InChI=1S/C8H13F3N2OS.ClH/c9-8(10,11)15-5-7(14)13-3-1-2-6(12)4-13;/h6H,1-5,12H2;1H. The Labute approximate surface area is 102 Å². The monoisotopic (exact) mass is 278 g/mol.